The number of carbonyl (C=O) groups is 1. The van der Waals surface area contributed by atoms with E-state index in [2.05, 4.69) is 26.0 Å². The molecule has 0 saturated heterocycles. The van der Waals surface area contributed by atoms with Gasteiger partial charge in [-0.05, 0) is 56.1 Å². The van der Waals surface area contributed by atoms with Crippen LogP contribution in [0.15, 0.2) is 57.9 Å². The van der Waals surface area contributed by atoms with Crippen molar-refractivity contribution in [3.8, 4) is 0 Å². The van der Waals surface area contributed by atoms with Crippen LogP contribution in [0, 0.1) is 5.82 Å². The van der Waals surface area contributed by atoms with E-state index in [4.69, 9.17) is 0 Å². The zero-order chi connectivity index (χ0) is 20.7. The largest absolute Gasteiger partial charge is 0.354 e. The maximum atomic E-state index is 13.5. The first kappa shape index (κ1) is 22.5. The molecule has 0 radical (unpaired) electrons. The molecule has 0 heterocycles. The van der Waals surface area contributed by atoms with Gasteiger partial charge in [0.1, 0.15) is 5.82 Å². The molecular weight excluding hydrogens is 449 g/mol. The van der Waals surface area contributed by atoms with Crippen LogP contribution in [0.25, 0.3) is 0 Å². The van der Waals surface area contributed by atoms with Crippen LogP contribution >= 0.6 is 15.9 Å². The number of nitrogens with zero attached hydrogens (tertiary/aromatic N) is 1. The summed E-state index contributed by atoms with van der Waals surface area (Å²) < 4.78 is 41.0. The van der Waals surface area contributed by atoms with Crippen molar-refractivity contribution in [2.75, 3.05) is 27.2 Å². The van der Waals surface area contributed by atoms with Gasteiger partial charge >= 0.3 is 0 Å². The third-order valence-corrected chi connectivity index (χ3v) is 6.12. The molecule has 1 amide bonds. The lowest BCUT2D eigenvalue weighted by Gasteiger charge is -2.25. The Balaban J connectivity index is 1.85. The second-order valence-corrected chi connectivity index (χ2v) is 9.12. The van der Waals surface area contributed by atoms with Gasteiger partial charge in [-0.2, -0.15) is 0 Å². The number of rotatable bonds is 9. The lowest BCUT2D eigenvalue weighted by atomic mass is 10.1. The molecule has 9 heteroatoms. The molecule has 0 aromatic heterocycles. The monoisotopic (exact) mass is 471 g/mol. The number of amides is 1. The van der Waals surface area contributed by atoms with Gasteiger partial charge in [0.05, 0.1) is 10.9 Å². The molecule has 0 aliphatic heterocycles. The summed E-state index contributed by atoms with van der Waals surface area (Å²) in [4.78, 5) is 14.1. The van der Waals surface area contributed by atoms with Crippen molar-refractivity contribution >= 4 is 31.9 Å². The summed E-state index contributed by atoms with van der Waals surface area (Å²) in [6, 6.07) is 12.3. The minimum absolute atomic E-state index is 0.000935. The van der Waals surface area contributed by atoms with Crippen molar-refractivity contribution in [2.24, 2.45) is 0 Å². The molecule has 2 aromatic carbocycles. The van der Waals surface area contributed by atoms with E-state index < -0.39 is 10.0 Å². The topological polar surface area (TPSA) is 78.5 Å². The molecule has 2 aromatic rings. The maximum Gasteiger partial charge on any atom is 0.240 e. The zero-order valence-corrected chi connectivity index (χ0v) is 18.1. The first-order valence-corrected chi connectivity index (χ1v) is 10.9. The first-order chi connectivity index (χ1) is 13.2. The molecule has 0 saturated carbocycles. The molecule has 0 spiro atoms. The van der Waals surface area contributed by atoms with Gasteiger partial charge < -0.3 is 10.2 Å². The van der Waals surface area contributed by atoms with Crippen molar-refractivity contribution in [3.05, 3.63) is 64.4 Å². The summed E-state index contributed by atoms with van der Waals surface area (Å²) in [5, 5.41) is 2.77. The van der Waals surface area contributed by atoms with E-state index in [1.807, 2.05) is 19.0 Å². The fourth-order valence-electron chi connectivity index (χ4n) is 2.61. The number of benzene rings is 2. The summed E-state index contributed by atoms with van der Waals surface area (Å²) >= 11 is 3.25. The van der Waals surface area contributed by atoms with Gasteiger partial charge in [-0.15, -0.1) is 0 Å². The van der Waals surface area contributed by atoms with Crippen LogP contribution in [0.2, 0.25) is 0 Å². The quantitative estimate of drug-likeness (QED) is 0.589. The minimum Gasteiger partial charge on any atom is -0.354 e. The highest BCUT2D eigenvalue weighted by Gasteiger charge is 2.17. The van der Waals surface area contributed by atoms with E-state index in [9.17, 15) is 17.6 Å². The Hall–Kier alpha value is -1.81. The summed E-state index contributed by atoms with van der Waals surface area (Å²) in [6.07, 6.45) is -0.000935. The maximum absolute atomic E-state index is 13.5. The van der Waals surface area contributed by atoms with Crippen molar-refractivity contribution in [3.63, 3.8) is 0 Å². The standard InChI is InChI=1S/C19H23BrFN3O3S/c1-24(2)18(14-4-3-5-16(21)12-14)13-22-19(25)10-11-23-28(26,27)17-8-6-15(20)7-9-17/h3-9,12,18,23H,10-11,13H2,1-2H3,(H,22,25). The Labute approximate surface area is 173 Å². The lowest BCUT2D eigenvalue weighted by molar-refractivity contribution is -0.121. The number of halogens is 2. The summed E-state index contributed by atoms with van der Waals surface area (Å²) in [5.74, 6) is -0.625. The van der Waals surface area contributed by atoms with Crippen LogP contribution in [0.3, 0.4) is 0 Å². The van der Waals surface area contributed by atoms with E-state index in [1.54, 1.807) is 24.3 Å². The highest BCUT2D eigenvalue weighted by atomic mass is 79.9. The van der Waals surface area contributed by atoms with Gasteiger partial charge in [-0.1, -0.05) is 28.1 Å². The van der Waals surface area contributed by atoms with Crippen molar-refractivity contribution in [2.45, 2.75) is 17.4 Å². The fourth-order valence-corrected chi connectivity index (χ4v) is 3.90. The zero-order valence-electron chi connectivity index (χ0n) is 15.7. The van der Waals surface area contributed by atoms with E-state index >= 15 is 0 Å². The lowest BCUT2D eigenvalue weighted by Crippen LogP contribution is -2.36. The summed E-state index contributed by atoms with van der Waals surface area (Å²) in [5.41, 5.74) is 0.751. The van der Waals surface area contributed by atoms with Crippen LogP contribution in [-0.4, -0.2) is 46.4 Å². The Morgan fingerprint density at radius 2 is 1.86 bits per heavy atom. The smallest absolute Gasteiger partial charge is 0.240 e. The second kappa shape index (κ2) is 10.1. The molecule has 1 atom stereocenters. The Morgan fingerprint density at radius 1 is 1.18 bits per heavy atom. The Morgan fingerprint density at radius 3 is 2.46 bits per heavy atom. The average Bonchev–Trinajstić information content (AvgIpc) is 2.62. The third-order valence-electron chi connectivity index (χ3n) is 4.12. The first-order valence-electron chi connectivity index (χ1n) is 8.63. The molecule has 28 heavy (non-hydrogen) atoms. The van der Waals surface area contributed by atoms with Crippen LogP contribution in [0.1, 0.15) is 18.0 Å². The summed E-state index contributed by atoms with van der Waals surface area (Å²) in [7, 11) is 0.0168. The molecule has 2 N–H and O–H groups in total. The fraction of sp³-hybridized carbons (Fsp3) is 0.316. The predicted octanol–water partition coefficient (Wildman–Crippen LogP) is 2.68. The normalized spacial score (nSPS) is 12.8. The number of sulfonamides is 1. The van der Waals surface area contributed by atoms with Crippen molar-refractivity contribution < 1.29 is 17.6 Å². The molecule has 0 aliphatic carbocycles. The van der Waals surface area contributed by atoms with Crippen LogP contribution < -0.4 is 10.0 Å². The number of carbonyl (C=O) groups excluding carboxylic acids is 1. The third kappa shape index (κ3) is 6.66. The molecule has 0 fully saturated rings. The van der Waals surface area contributed by atoms with Gasteiger partial charge in [-0.3, -0.25) is 4.79 Å². The molecule has 6 nitrogen and oxygen atoms in total. The highest BCUT2D eigenvalue weighted by Crippen LogP contribution is 2.18. The number of nitrogens with one attached hydrogen (secondary N) is 2. The molecular formula is C19H23BrFN3O3S. The predicted molar refractivity (Wildman–Crippen MR) is 110 cm³/mol. The van der Waals surface area contributed by atoms with E-state index in [0.717, 1.165) is 10.0 Å². The van der Waals surface area contributed by atoms with Gasteiger partial charge in [0.15, 0.2) is 0 Å². The Bertz CT molecular complexity index is 905. The van der Waals surface area contributed by atoms with Gasteiger partial charge in [-0.25, -0.2) is 17.5 Å². The Kier molecular flexibility index (Phi) is 8.11. The molecule has 0 aliphatic rings. The SMILES string of the molecule is CN(C)C(CNC(=O)CCNS(=O)(=O)c1ccc(Br)cc1)c1cccc(F)c1. The average molecular weight is 472 g/mol. The number of hydrogen-bond acceptors (Lipinski definition) is 4. The van der Waals surface area contributed by atoms with Gasteiger partial charge in [0.2, 0.25) is 15.9 Å². The molecule has 0 bridgehead atoms. The second-order valence-electron chi connectivity index (χ2n) is 6.44. The van der Waals surface area contributed by atoms with E-state index in [1.165, 1.54) is 24.3 Å². The van der Waals surface area contributed by atoms with E-state index in [0.29, 0.717) is 0 Å². The number of hydrogen-bond donors (Lipinski definition) is 2. The highest BCUT2D eigenvalue weighted by molar-refractivity contribution is 9.10. The summed E-state index contributed by atoms with van der Waals surface area (Å²) in [6.45, 7) is 0.269. The molecule has 2 rings (SSSR count). The van der Waals surface area contributed by atoms with E-state index in [-0.39, 0.29) is 42.2 Å². The van der Waals surface area contributed by atoms with Crippen molar-refractivity contribution in [1.82, 2.24) is 14.9 Å². The minimum atomic E-state index is -3.67. The van der Waals surface area contributed by atoms with Crippen LogP contribution in [0.4, 0.5) is 4.39 Å². The molecule has 152 valence electrons. The molecule has 1 unspecified atom stereocenters. The van der Waals surface area contributed by atoms with Gasteiger partial charge in [0.25, 0.3) is 0 Å². The van der Waals surface area contributed by atoms with Crippen LogP contribution in [0.5, 0.6) is 0 Å². The van der Waals surface area contributed by atoms with Gasteiger partial charge in [0, 0.05) is 24.0 Å². The van der Waals surface area contributed by atoms with Crippen molar-refractivity contribution in [1.29, 1.82) is 0 Å². The van der Waals surface area contributed by atoms with Crippen LogP contribution in [-0.2, 0) is 14.8 Å². The number of likely N-dealkylation sites (N-methyl/N-ethyl adjacent to an activating group) is 1.